The molecule has 1 aliphatic carbocycles. The molecule has 16 heteroatoms. The Bertz CT molecular complexity index is 2680. The maximum atomic E-state index is 14.0. The predicted octanol–water partition coefficient (Wildman–Crippen LogP) is 7.42. The number of morpholine rings is 1. The van der Waals surface area contributed by atoms with Crippen LogP contribution in [-0.2, 0) is 19.6 Å². The van der Waals surface area contributed by atoms with E-state index in [-0.39, 0.29) is 33.6 Å². The lowest BCUT2D eigenvalue weighted by Crippen LogP contribution is -2.50. The number of anilines is 2. The molecular formula is C49H59ClN8O6S. The summed E-state index contributed by atoms with van der Waals surface area (Å²) in [5.41, 5.74) is 8.05. The summed E-state index contributed by atoms with van der Waals surface area (Å²) in [6.07, 6.45) is 4.59. The number of rotatable bonds is 14. The maximum absolute atomic E-state index is 14.0. The normalized spacial score (nSPS) is 18.3. The zero-order valence-corrected chi connectivity index (χ0v) is 39.4. The average molecular weight is 924 g/mol. The first-order chi connectivity index (χ1) is 31.1. The van der Waals surface area contributed by atoms with E-state index < -0.39 is 15.9 Å². The van der Waals surface area contributed by atoms with E-state index in [0.717, 1.165) is 68.2 Å². The number of para-hydroxylation sites is 1. The number of likely N-dealkylation sites (N-methyl/N-ethyl adjacent to an activating group) is 1. The van der Waals surface area contributed by atoms with Crippen molar-refractivity contribution < 1.29 is 27.5 Å². The molecule has 0 spiro atoms. The number of carbonyl (C=O) groups excluding carboxylic acids is 2. The Labute approximate surface area is 387 Å². The van der Waals surface area contributed by atoms with Crippen LogP contribution in [0.25, 0.3) is 16.6 Å². The summed E-state index contributed by atoms with van der Waals surface area (Å²) in [5, 5.41) is 4.08. The second-order valence-electron chi connectivity index (χ2n) is 18.4. The molecule has 2 amide bonds. The molecule has 0 bridgehead atoms. The minimum Gasteiger partial charge on any atom is -0.454 e. The minimum atomic E-state index is -4.30. The van der Waals surface area contributed by atoms with Gasteiger partial charge in [0.15, 0.2) is 5.75 Å². The molecule has 65 heavy (non-hydrogen) atoms. The number of hydrogen-bond acceptors (Lipinski definition) is 11. The van der Waals surface area contributed by atoms with Crippen molar-refractivity contribution in [2.24, 2.45) is 5.41 Å². The van der Waals surface area contributed by atoms with Crippen molar-refractivity contribution in [2.75, 3.05) is 89.8 Å². The number of H-pyrrole nitrogens is 1. The molecule has 1 atom stereocenters. The van der Waals surface area contributed by atoms with E-state index in [2.05, 4.69) is 55.8 Å². The highest BCUT2D eigenvalue weighted by Crippen LogP contribution is 2.43. The fourth-order valence-electron chi connectivity index (χ4n) is 8.92. The first-order valence-electron chi connectivity index (χ1n) is 22.2. The number of allylic oxidation sites excluding steroid dienone is 1. The number of piperazine rings is 1. The van der Waals surface area contributed by atoms with E-state index in [1.54, 1.807) is 36.4 Å². The Balaban J connectivity index is 0.962. The van der Waals surface area contributed by atoms with Gasteiger partial charge in [0, 0.05) is 74.8 Å². The zero-order valence-electron chi connectivity index (χ0n) is 37.8. The van der Waals surface area contributed by atoms with Crippen molar-refractivity contribution in [2.45, 2.75) is 51.0 Å². The van der Waals surface area contributed by atoms with Crippen molar-refractivity contribution in [1.82, 2.24) is 29.4 Å². The third kappa shape index (κ3) is 11.2. The number of halogens is 1. The summed E-state index contributed by atoms with van der Waals surface area (Å²) in [7, 11) is -0.577. The van der Waals surface area contributed by atoms with Crippen molar-refractivity contribution >= 4 is 61.4 Å². The Kier molecular flexibility index (Phi) is 13.9. The number of ether oxygens (including phenoxy) is 2. The van der Waals surface area contributed by atoms with Gasteiger partial charge >= 0.3 is 0 Å². The lowest BCUT2D eigenvalue weighted by molar-refractivity contribution is -0.138. The molecule has 1 aromatic heterocycles. The van der Waals surface area contributed by atoms with Crippen LogP contribution in [-0.4, -0.2) is 131 Å². The molecule has 14 nitrogen and oxygen atoms in total. The molecule has 3 heterocycles. The molecule has 2 fully saturated rings. The van der Waals surface area contributed by atoms with Crippen LogP contribution in [0.15, 0.2) is 95.7 Å². The molecule has 0 radical (unpaired) electrons. The summed E-state index contributed by atoms with van der Waals surface area (Å²) in [6.45, 7) is 12.8. The largest absolute Gasteiger partial charge is 0.454 e. The van der Waals surface area contributed by atoms with Gasteiger partial charge in [-0.1, -0.05) is 49.2 Å². The van der Waals surface area contributed by atoms with Crippen molar-refractivity contribution in [3.63, 3.8) is 0 Å². The number of aryl methyl sites for hydroxylation is 1. The Morgan fingerprint density at radius 2 is 1.77 bits per heavy atom. The van der Waals surface area contributed by atoms with E-state index in [0.29, 0.717) is 55.3 Å². The predicted molar refractivity (Wildman–Crippen MR) is 256 cm³/mol. The quantitative estimate of drug-likeness (QED) is 0.102. The van der Waals surface area contributed by atoms with Crippen LogP contribution in [0, 0.1) is 12.3 Å². The van der Waals surface area contributed by atoms with E-state index in [1.807, 2.05) is 55.4 Å². The van der Waals surface area contributed by atoms with Crippen LogP contribution >= 0.6 is 11.6 Å². The minimum absolute atomic E-state index is 0.0484. The third-order valence-corrected chi connectivity index (χ3v) is 14.2. The fourth-order valence-corrected chi connectivity index (χ4v) is 10.1. The SMILES string of the molecule is Cc1cc(S(=O)(=O)NC(=O)c2ccc(N3CCN(CC4=C(c5ccc(Cl)cc5)CC(C)(C)CC4)CC3)cc2Oc2cccc3[nH]cnc23)ccc1NC[C@H]1CN(C(=O)CN(C)C)CCO1. The van der Waals surface area contributed by atoms with E-state index in [1.165, 1.54) is 28.8 Å². The highest BCUT2D eigenvalue weighted by molar-refractivity contribution is 7.90. The van der Waals surface area contributed by atoms with Gasteiger partial charge in [-0.05, 0) is 117 Å². The number of aromatic nitrogens is 2. The lowest BCUT2D eigenvalue weighted by Gasteiger charge is -2.39. The summed E-state index contributed by atoms with van der Waals surface area (Å²) >= 11 is 6.26. The van der Waals surface area contributed by atoms with Gasteiger partial charge in [0.2, 0.25) is 5.91 Å². The third-order valence-electron chi connectivity index (χ3n) is 12.6. The zero-order chi connectivity index (χ0) is 45.9. The molecular weight excluding hydrogens is 864 g/mol. The lowest BCUT2D eigenvalue weighted by atomic mass is 9.72. The van der Waals surface area contributed by atoms with Gasteiger partial charge in [0.05, 0.1) is 41.6 Å². The second-order valence-corrected chi connectivity index (χ2v) is 20.5. The summed E-state index contributed by atoms with van der Waals surface area (Å²) in [5.74, 6) is -0.146. The van der Waals surface area contributed by atoms with E-state index in [9.17, 15) is 18.0 Å². The Morgan fingerprint density at radius 3 is 2.52 bits per heavy atom. The molecule has 3 N–H and O–H groups in total. The number of nitrogens with one attached hydrogen (secondary N) is 3. The molecule has 4 aromatic carbocycles. The van der Waals surface area contributed by atoms with Gasteiger partial charge in [-0.25, -0.2) is 18.1 Å². The Morgan fingerprint density at radius 1 is 0.985 bits per heavy atom. The number of aromatic amines is 1. The van der Waals surface area contributed by atoms with Gasteiger partial charge in [0.1, 0.15) is 11.3 Å². The van der Waals surface area contributed by atoms with Crippen LogP contribution in [0.5, 0.6) is 11.5 Å². The van der Waals surface area contributed by atoms with Gasteiger partial charge < -0.3 is 34.5 Å². The molecule has 0 saturated carbocycles. The molecule has 8 rings (SSSR count). The summed E-state index contributed by atoms with van der Waals surface area (Å²) in [6, 6.07) is 23.6. The molecule has 2 saturated heterocycles. The number of nitrogens with zero attached hydrogens (tertiary/aromatic N) is 5. The molecule has 0 unspecified atom stereocenters. The van der Waals surface area contributed by atoms with Gasteiger partial charge in [0.25, 0.3) is 15.9 Å². The van der Waals surface area contributed by atoms with Crippen molar-refractivity contribution in [3.05, 3.63) is 112 Å². The number of hydrogen-bond donors (Lipinski definition) is 3. The smallest absolute Gasteiger partial charge is 0.268 e. The molecule has 5 aromatic rings. The van der Waals surface area contributed by atoms with Crippen LogP contribution in [0.2, 0.25) is 5.02 Å². The number of fused-ring (bicyclic) bond motifs is 1. The van der Waals surface area contributed by atoms with Crippen LogP contribution in [0.4, 0.5) is 11.4 Å². The van der Waals surface area contributed by atoms with Gasteiger partial charge in [-0.15, -0.1) is 0 Å². The number of amides is 2. The van der Waals surface area contributed by atoms with E-state index >= 15 is 0 Å². The highest BCUT2D eigenvalue weighted by Gasteiger charge is 2.31. The first-order valence-corrected chi connectivity index (χ1v) is 24.1. The topological polar surface area (TPSA) is 152 Å². The number of sulfonamides is 1. The standard InChI is InChI=1S/C49H59ClN8O6S/c1-33-25-39(14-16-42(33)51-28-38-30-58(23-24-63-38)46(59)31-55(4)5)65(61,62)54-48(60)40-15-13-37(26-45(40)64-44-8-6-7-43-47(44)53-32-52-43)57-21-19-56(20-22-57)29-35-17-18-49(2,3)27-41(35)34-9-11-36(50)12-10-34/h6-16,25-26,32,38,51H,17-24,27-31H2,1-5H3,(H,52,53)(H,54,60)/t38-/m0/s1. The number of imidazole rings is 1. The average Bonchev–Trinajstić information content (AvgIpc) is 3.77. The number of benzene rings is 4. The summed E-state index contributed by atoms with van der Waals surface area (Å²) in [4.78, 5) is 42.6. The van der Waals surface area contributed by atoms with Crippen molar-refractivity contribution in [3.8, 4) is 11.5 Å². The molecule has 344 valence electrons. The monoisotopic (exact) mass is 922 g/mol. The van der Waals surface area contributed by atoms with Crippen LogP contribution in [0.1, 0.15) is 54.6 Å². The first kappa shape index (κ1) is 46.1. The van der Waals surface area contributed by atoms with Gasteiger partial charge in [-0.2, -0.15) is 0 Å². The Hall–Kier alpha value is -5.45. The fraction of sp³-hybridized carbons (Fsp3) is 0.408. The second kappa shape index (κ2) is 19.6. The maximum Gasteiger partial charge on any atom is 0.268 e. The van der Waals surface area contributed by atoms with Crippen LogP contribution < -0.4 is 19.7 Å². The highest BCUT2D eigenvalue weighted by atomic mass is 35.5. The number of carbonyl (C=O) groups is 2. The van der Waals surface area contributed by atoms with Gasteiger partial charge in [-0.3, -0.25) is 14.5 Å². The summed E-state index contributed by atoms with van der Waals surface area (Å²) < 4.78 is 42.3. The molecule has 2 aliphatic heterocycles. The van der Waals surface area contributed by atoms with Crippen LogP contribution in [0.3, 0.4) is 0 Å². The van der Waals surface area contributed by atoms with Crippen molar-refractivity contribution in [1.29, 1.82) is 0 Å². The molecule has 3 aliphatic rings. The van der Waals surface area contributed by atoms with E-state index in [4.69, 9.17) is 21.1 Å².